The molecule has 2 aliphatic rings. The second-order valence-corrected chi connectivity index (χ2v) is 13.1. The van der Waals surface area contributed by atoms with Gasteiger partial charge >= 0.3 is 0 Å². The zero-order valence-corrected chi connectivity index (χ0v) is 16.9. The predicted octanol–water partition coefficient (Wildman–Crippen LogP) is 3.84. The van der Waals surface area contributed by atoms with Gasteiger partial charge < -0.3 is 14.3 Å². The zero-order valence-electron chi connectivity index (χ0n) is 15.9. The van der Waals surface area contributed by atoms with Crippen LogP contribution < -0.4 is 5.19 Å². The van der Waals surface area contributed by atoms with Crippen LogP contribution in [0.5, 0.6) is 0 Å². The highest BCUT2D eigenvalue weighted by atomic mass is 28.3. The van der Waals surface area contributed by atoms with Gasteiger partial charge in [-0.15, -0.1) is 0 Å². The summed E-state index contributed by atoms with van der Waals surface area (Å²) in [6.07, 6.45) is 3.66. The van der Waals surface area contributed by atoms with Crippen LogP contribution in [0.15, 0.2) is 41.6 Å². The van der Waals surface area contributed by atoms with Gasteiger partial charge in [0.25, 0.3) is 0 Å². The largest absolute Gasteiger partial charge is 0.350 e. The van der Waals surface area contributed by atoms with E-state index in [4.69, 9.17) is 9.47 Å². The van der Waals surface area contributed by atoms with Crippen molar-refractivity contribution in [3.8, 4) is 0 Å². The highest BCUT2D eigenvalue weighted by Crippen LogP contribution is 2.50. The van der Waals surface area contributed by atoms with E-state index < -0.39 is 13.9 Å². The number of hydrogen-bond donors (Lipinski definition) is 0. The maximum atomic E-state index is 11.2. The minimum absolute atomic E-state index is 0.0379. The number of hydrogen-bond acceptors (Lipinski definition) is 3. The molecule has 3 nitrogen and oxygen atoms in total. The maximum absolute atomic E-state index is 11.2. The number of allylic oxidation sites excluding steroid dienone is 1. The second-order valence-electron chi connectivity index (χ2n) is 8.76. The lowest BCUT2D eigenvalue weighted by Gasteiger charge is -2.41. The van der Waals surface area contributed by atoms with E-state index in [1.807, 2.05) is 13.8 Å². The molecule has 1 saturated heterocycles. The molecule has 1 spiro atoms. The Hall–Kier alpha value is -1.23. The van der Waals surface area contributed by atoms with E-state index in [1.165, 1.54) is 10.8 Å². The Morgan fingerprint density at radius 3 is 2.40 bits per heavy atom. The van der Waals surface area contributed by atoms with E-state index >= 15 is 0 Å². The topological polar surface area (TPSA) is 35.5 Å². The van der Waals surface area contributed by atoms with Crippen LogP contribution in [-0.2, 0) is 14.3 Å². The van der Waals surface area contributed by atoms with Crippen molar-refractivity contribution < 1.29 is 14.3 Å². The first-order valence-corrected chi connectivity index (χ1v) is 12.3. The van der Waals surface area contributed by atoms with E-state index in [0.29, 0.717) is 12.3 Å². The molecule has 1 saturated carbocycles. The molecule has 25 heavy (non-hydrogen) atoms. The highest BCUT2D eigenvalue weighted by Gasteiger charge is 2.47. The summed E-state index contributed by atoms with van der Waals surface area (Å²) in [6, 6.07) is 10.8. The number of ether oxygens (including phenoxy) is 2. The molecule has 1 atom stereocenters. The summed E-state index contributed by atoms with van der Waals surface area (Å²) in [4.78, 5) is 11.2. The molecule has 1 aliphatic carbocycles. The molecule has 0 amide bonds. The van der Waals surface area contributed by atoms with Crippen LogP contribution in [0.4, 0.5) is 0 Å². The van der Waals surface area contributed by atoms with Crippen molar-refractivity contribution in [3.05, 3.63) is 41.6 Å². The summed E-state index contributed by atoms with van der Waals surface area (Å²) >= 11 is 0. The quantitative estimate of drug-likeness (QED) is 0.606. The first kappa shape index (κ1) is 18.6. The molecule has 2 fully saturated rings. The summed E-state index contributed by atoms with van der Waals surface area (Å²) in [6.45, 7) is 10.2. The van der Waals surface area contributed by atoms with Crippen LogP contribution in [0.25, 0.3) is 0 Å². The first-order valence-electron chi connectivity index (χ1n) is 9.24. The van der Waals surface area contributed by atoms with E-state index in [0.717, 1.165) is 32.3 Å². The summed E-state index contributed by atoms with van der Waals surface area (Å²) in [5.41, 5.74) is 4.00. The normalized spacial score (nSPS) is 26.9. The molecular weight excluding hydrogens is 328 g/mol. The van der Waals surface area contributed by atoms with Gasteiger partial charge in [-0.25, -0.2) is 0 Å². The molecule has 0 N–H and O–H groups in total. The number of carbonyl (C=O) groups is 1. The average Bonchev–Trinajstić information content (AvgIpc) is 2.89. The molecule has 1 unspecified atom stereocenters. The third kappa shape index (κ3) is 4.13. The van der Waals surface area contributed by atoms with Crippen molar-refractivity contribution in [1.29, 1.82) is 0 Å². The van der Waals surface area contributed by atoms with Crippen molar-refractivity contribution in [2.75, 3.05) is 13.2 Å². The van der Waals surface area contributed by atoms with Gasteiger partial charge in [-0.1, -0.05) is 59.9 Å². The van der Waals surface area contributed by atoms with Gasteiger partial charge in [-0.05, 0) is 32.6 Å². The van der Waals surface area contributed by atoms with Gasteiger partial charge in [0, 0.05) is 11.8 Å². The summed E-state index contributed by atoms with van der Waals surface area (Å²) in [5, 5.41) is 1.44. The van der Waals surface area contributed by atoms with Crippen LogP contribution in [0.3, 0.4) is 0 Å². The van der Waals surface area contributed by atoms with E-state index in [2.05, 4.69) is 49.1 Å². The lowest BCUT2D eigenvalue weighted by Crippen LogP contribution is -2.45. The van der Waals surface area contributed by atoms with Crippen molar-refractivity contribution >= 4 is 19.5 Å². The Labute approximate surface area is 152 Å². The van der Waals surface area contributed by atoms with E-state index in [9.17, 15) is 4.79 Å². The van der Waals surface area contributed by atoms with Crippen molar-refractivity contribution in [1.82, 2.24) is 0 Å². The fraction of sp³-hybridized carbons (Fsp3) is 0.571. The van der Waals surface area contributed by atoms with Crippen LogP contribution in [0.2, 0.25) is 13.1 Å². The number of benzene rings is 1. The minimum Gasteiger partial charge on any atom is -0.350 e. The smallest absolute Gasteiger partial charge is 0.162 e. The Kier molecular flexibility index (Phi) is 5.06. The van der Waals surface area contributed by atoms with Crippen molar-refractivity contribution in [3.63, 3.8) is 0 Å². The lowest BCUT2D eigenvalue weighted by molar-refractivity contribution is -0.284. The standard InChI is InChI=1S/C21H30O3Si/c1-20(2)23-15-21(16-24-20)12-17(10-11-22)18(13-21)14-25(3,4)19-8-6-5-7-9-19/h5-9,11,14,17H,10,12-13,15-16H2,1-4H3/b18-14-. The molecule has 136 valence electrons. The fourth-order valence-corrected chi connectivity index (χ4v) is 6.68. The number of aldehydes is 1. The average molecular weight is 359 g/mol. The van der Waals surface area contributed by atoms with Gasteiger partial charge in [0.1, 0.15) is 14.4 Å². The van der Waals surface area contributed by atoms with Crippen LogP contribution in [-0.4, -0.2) is 33.4 Å². The molecule has 0 aromatic heterocycles. The van der Waals surface area contributed by atoms with E-state index in [-0.39, 0.29) is 5.41 Å². The molecule has 1 aromatic carbocycles. The monoisotopic (exact) mass is 358 g/mol. The molecule has 1 heterocycles. The molecule has 4 heteroatoms. The molecule has 1 aliphatic heterocycles. The van der Waals surface area contributed by atoms with Crippen molar-refractivity contribution in [2.24, 2.45) is 11.3 Å². The minimum atomic E-state index is -1.68. The SMILES string of the molecule is CC1(C)OCC2(CO1)C/C(=C/[Si](C)(C)c1ccccc1)C(CC=O)C2. The molecule has 1 aromatic rings. The van der Waals surface area contributed by atoms with Gasteiger partial charge in [0.05, 0.1) is 13.2 Å². The van der Waals surface area contributed by atoms with E-state index in [1.54, 1.807) is 0 Å². The molecule has 0 radical (unpaired) electrons. The third-order valence-corrected chi connectivity index (χ3v) is 8.59. The van der Waals surface area contributed by atoms with Gasteiger partial charge in [-0.3, -0.25) is 0 Å². The molecular formula is C21H30O3Si. The Balaban J connectivity index is 1.85. The van der Waals surface area contributed by atoms with Crippen LogP contribution >= 0.6 is 0 Å². The van der Waals surface area contributed by atoms with Crippen molar-refractivity contribution in [2.45, 2.75) is 52.0 Å². The van der Waals surface area contributed by atoms with Crippen LogP contribution in [0.1, 0.15) is 33.1 Å². The van der Waals surface area contributed by atoms with Gasteiger partial charge in [-0.2, -0.15) is 0 Å². The van der Waals surface area contributed by atoms with Gasteiger partial charge in [0.15, 0.2) is 5.79 Å². The Morgan fingerprint density at radius 2 is 1.80 bits per heavy atom. The van der Waals surface area contributed by atoms with Gasteiger partial charge in [0.2, 0.25) is 0 Å². The number of carbonyl (C=O) groups excluding carboxylic acids is 1. The molecule has 0 bridgehead atoms. The first-order chi connectivity index (χ1) is 11.8. The summed E-state index contributed by atoms with van der Waals surface area (Å²) < 4.78 is 11.9. The lowest BCUT2D eigenvalue weighted by atomic mass is 9.85. The summed E-state index contributed by atoms with van der Waals surface area (Å²) in [5.74, 6) is -0.156. The van der Waals surface area contributed by atoms with Crippen LogP contribution in [0, 0.1) is 11.3 Å². The highest BCUT2D eigenvalue weighted by molar-refractivity contribution is 6.94. The Bertz CT molecular complexity index is 638. The number of rotatable bonds is 4. The Morgan fingerprint density at radius 1 is 1.16 bits per heavy atom. The molecule has 3 rings (SSSR count). The fourth-order valence-electron chi connectivity index (χ4n) is 4.19. The predicted molar refractivity (Wildman–Crippen MR) is 103 cm³/mol. The summed E-state index contributed by atoms with van der Waals surface area (Å²) in [7, 11) is -1.68. The zero-order chi connectivity index (χ0) is 18.1. The third-order valence-electron chi connectivity index (χ3n) is 5.68. The second kappa shape index (κ2) is 6.82. The maximum Gasteiger partial charge on any atom is 0.162 e.